The van der Waals surface area contributed by atoms with Crippen LogP contribution in [0.2, 0.25) is 0 Å². The van der Waals surface area contributed by atoms with E-state index in [0.29, 0.717) is 0 Å². The van der Waals surface area contributed by atoms with Crippen molar-refractivity contribution < 1.29 is 0 Å². The fraction of sp³-hybridized carbons (Fsp3) is 0.143. The van der Waals surface area contributed by atoms with Gasteiger partial charge in [0.05, 0.1) is 0 Å². The number of hydrogen-bond donors (Lipinski definition) is 0. The summed E-state index contributed by atoms with van der Waals surface area (Å²) in [4.78, 5) is 5.35. The minimum absolute atomic E-state index is 0.939. The van der Waals surface area contributed by atoms with Crippen LogP contribution in [0.3, 0.4) is 0 Å². The largest absolute Gasteiger partial charge is 0.126 e. The molecule has 0 bridgehead atoms. The van der Waals surface area contributed by atoms with Crippen molar-refractivity contribution in [3.8, 4) is 0 Å². The summed E-state index contributed by atoms with van der Waals surface area (Å²) in [5.41, 5.74) is 8.27. The topological polar surface area (TPSA) is 0 Å². The average Bonchev–Trinajstić information content (AvgIpc) is 3.09. The van der Waals surface area contributed by atoms with Gasteiger partial charge in [0.2, 0.25) is 0 Å². The van der Waals surface area contributed by atoms with E-state index >= 15 is 0 Å². The SMILES string of the molecule is c1ccc(SCCc2ccc(Cc3ccccc3Sc3ccccc3Cc3ccc(CCSc4ccccc4)cc3)cc2)cc1. The number of benzene rings is 6. The molecule has 6 aromatic rings. The molecule has 45 heavy (non-hydrogen) atoms. The average molecular weight is 639 g/mol. The van der Waals surface area contributed by atoms with Crippen LogP contribution in [0.25, 0.3) is 0 Å². The first kappa shape index (κ1) is 31.4. The molecule has 0 heterocycles. The molecule has 0 nitrogen and oxygen atoms in total. The van der Waals surface area contributed by atoms with E-state index in [2.05, 4.69) is 158 Å². The van der Waals surface area contributed by atoms with Crippen LogP contribution in [0.5, 0.6) is 0 Å². The maximum Gasteiger partial charge on any atom is 0.0157 e. The summed E-state index contributed by atoms with van der Waals surface area (Å²) in [6.45, 7) is 0. The maximum absolute atomic E-state index is 2.31. The Morgan fingerprint density at radius 1 is 0.333 bits per heavy atom. The molecule has 0 amide bonds. The highest BCUT2D eigenvalue weighted by molar-refractivity contribution is 7.99. The van der Waals surface area contributed by atoms with Crippen LogP contribution in [-0.2, 0) is 25.7 Å². The minimum atomic E-state index is 0.939. The Kier molecular flexibility index (Phi) is 11.6. The van der Waals surface area contributed by atoms with Crippen molar-refractivity contribution in [3.63, 3.8) is 0 Å². The molecule has 0 N–H and O–H groups in total. The number of aryl methyl sites for hydroxylation is 2. The fourth-order valence-electron chi connectivity index (χ4n) is 5.31. The lowest BCUT2D eigenvalue weighted by molar-refractivity contribution is 1.09. The molecule has 6 rings (SSSR count). The fourth-order valence-corrected chi connectivity index (χ4v) is 8.23. The lowest BCUT2D eigenvalue weighted by Crippen LogP contribution is -1.95. The first-order valence-electron chi connectivity index (χ1n) is 15.6. The second-order valence-electron chi connectivity index (χ2n) is 11.1. The highest BCUT2D eigenvalue weighted by Gasteiger charge is 2.10. The van der Waals surface area contributed by atoms with Crippen molar-refractivity contribution in [2.75, 3.05) is 11.5 Å². The maximum atomic E-state index is 2.31. The summed E-state index contributed by atoms with van der Waals surface area (Å²) < 4.78 is 0. The van der Waals surface area contributed by atoms with Gasteiger partial charge in [0.15, 0.2) is 0 Å². The Balaban J connectivity index is 1.05. The van der Waals surface area contributed by atoms with Crippen LogP contribution in [0, 0.1) is 0 Å². The third kappa shape index (κ3) is 9.68. The molecule has 0 atom stereocenters. The smallest absolute Gasteiger partial charge is 0.0157 e. The van der Waals surface area contributed by atoms with Gasteiger partial charge in [-0.05, 0) is 95.5 Å². The van der Waals surface area contributed by atoms with Gasteiger partial charge in [-0.25, -0.2) is 0 Å². The van der Waals surface area contributed by atoms with E-state index in [4.69, 9.17) is 0 Å². The van der Waals surface area contributed by atoms with Crippen LogP contribution < -0.4 is 0 Å². The molecule has 0 fully saturated rings. The quantitative estimate of drug-likeness (QED) is 0.109. The van der Waals surface area contributed by atoms with Crippen molar-refractivity contribution in [1.29, 1.82) is 0 Å². The van der Waals surface area contributed by atoms with Crippen LogP contribution >= 0.6 is 35.3 Å². The first-order chi connectivity index (χ1) is 22.3. The molecule has 0 spiro atoms. The van der Waals surface area contributed by atoms with Gasteiger partial charge in [0.1, 0.15) is 0 Å². The van der Waals surface area contributed by atoms with Gasteiger partial charge in [-0.2, -0.15) is 0 Å². The van der Waals surface area contributed by atoms with Crippen LogP contribution in [0.15, 0.2) is 177 Å². The number of rotatable bonds is 14. The van der Waals surface area contributed by atoms with E-state index in [0.717, 1.165) is 37.2 Å². The summed E-state index contributed by atoms with van der Waals surface area (Å²) in [6.07, 6.45) is 4.04. The van der Waals surface area contributed by atoms with Crippen molar-refractivity contribution in [2.45, 2.75) is 45.3 Å². The number of thioether (sulfide) groups is 2. The van der Waals surface area contributed by atoms with Crippen LogP contribution in [-0.4, -0.2) is 11.5 Å². The van der Waals surface area contributed by atoms with E-state index in [1.165, 1.54) is 53.0 Å². The predicted molar refractivity (Wildman–Crippen MR) is 197 cm³/mol. The summed E-state index contributed by atoms with van der Waals surface area (Å²) >= 11 is 5.75. The molecular formula is C42H38S3. The molecule has 0 saturated heterocycles. The standard InChI is InChI=1S/C42H38S3/c1-3-13-39(14-4-1)43-29-27-33-19-23-35(24-20-33)31-37-11-7-9-17-41(37)45-42-18-10-8-12-38(42)32-36-25-21-34(22-26-36)28-30-44-40-15-5-2-6-16-40/h1-26H,27-32H2. The van der Waals surface area contributed by atoms with Crippen LogP contribution in [0.1, 0.15) is 33.4 Å². The van der Waals surface area contributed by atoms with E-state index in [9.17, 15) is 0 Å². The summed E-state index contributed by atoms with van der Waals surface area (Å²) in [5, 5.41) is 0. The lowest BCUT2D eigenvalue weighted by atomic mass is 10.0. The van der Waals surface area contributed by atoms with Gasteiger partial charge in [-0.3, -0.25) is 0 Å². The van der Waals surface area contributed by atoms with Gasteiger partial charge < -0.3 is 0 Å². The van der Waals surface area contributed by atoms with Gasteiger partial charge in [-0.1, -0.05) is 133 Å². The zero-order chi connectivity index (χ0) is 30.5. The molecule has 0 saturated carbocycles. The molecule has 0 aliphatic heterocycles. The Labute approximate surface area is 281 Å². The predicted octanol–water partition coefficient (Wildman–Crippen LogP) is 11.7. The number of hydrogen-bond acceptors (Lipinski definition) is 3. The Hall–Kier alpha value is -3.63. The summed E-state index contributed by atoms with van der Waals surface area (Å²) in [6, 6.07) is 57.6. The van der Waals surface area contributed by atoms with Crippen molar-refractivity contribution in [2.24, 2.45) is 0 Å². The third-order valence-corrected chi connectivity index (χ3v) is 11.1. The third-order valence-electron chi connectivity index (χ3n) is 7.81. The van der Waals surface area contributed by atoms with Crippen LogP contribution in [0.4, 0.5) is 0 Å². The summed E-state index contributed by atoms with van der Waals surface area (Å²) in [5.74, 6) is 2.20. The molecule has 0 aliphatic rings. The van der Waals surface area contributed by atoms with Crippen molar-refractivity contribution in [1.82, 2.24) is 0 Å². The Bertz CT molecular complexity index is 1610. The Morgan fingerprint density at radius 3 is 1.11 bits per heavy atom. The molecule has 6 aromatic carbocycles. The highest BCUT2D eigenvalue weighted by atomic mass is 32.2. The zero-order valence-electron chi connectivity index (χ0n) is 25.5. The van der Waals surface area contributed by atoms with Gasteiger partial charge in [0, 0.05) is 31.1 Å². The molecule has 0 aliphatic carbocycles. The summed E-state index contributed by atoms with van der Waals surface area (Å²) in [7, 11) is 0. The van der Waals surface area contributed by atoms with E-state index in [-0.39, 0.29) is 0 Å². The minimum Gasteiger partial charge on any atom is -0.126 e. The normalized spacial score (nSPS) is 11.0. The molecule has 0 radical (unpaired) electrons. The molecule has 0 aromatic heterocycles. The first-order valence-corrected chi connectivity index (χ1v) is 18.4. The molecule has 224 valence electrons. The van der Waals surface area contributed by atoms with Crippen molar-refractivity contribution >= 4 is 35.3 Å². The van der Waals surface area contributed by atoms with Gasteiger partial charge in [0.25, 0.3) is 0 Å². The lowest BCUT2D eigenvalue weighted by Gasteiger charge is -2.13. The second-order valence-corrected chi connectivity index (χ2v) is 14.5. The van der Waals surface area contributed by atoms with E-state index < -0.39 is 0 Å². The van der Waals surface area contributed by atoms with Crippen molar-refractivity contribution in [3.05, 3.63) is 191 Å². The van der Waals surface area contributed by atoms with E-state index in [1.807, 2.05) is 35.3 Å². The molecule has 3 heteroatoms. The van der Waals surface area contributed by atoms with Gasteiger partial charge >= 0.3 is 0 Å². The highest BCUT2D eigenvalue weighted by Crippen LogP contribution is 2.35. The zero-order valence-corrected chi connectivity index (χ0v) is 27.9. The van der Waals surface area contributed by atoms with E-state index in [1.54, 1.807) is 0 Å². The Morgan fingerprint density at radius 2 is 0.689 bits per heavy atom. The molecule has 0 unspecified atom stereocenters. The monoisotopic (exact) mass is 638 g/mol. The second kappa shape index (κ2) is 16.6. The van der Waals surface area contributed by atoms with Gasteiger partial charge in [-0.15, -0.1) is 23.5 Å². The molecular weight excluding hydrogens is 601 g/mol.